The first-order valence-corrected chi connectivity index (χ1v) is 6.06. The van der Waals surface area contributed by atoms with Gasteiger partial charge in [0.1, 0.15) is 0 Å². The van der Waals surface area contributed by atoms with Gasteiger partial charge in [0.05, 0.1) is 0 Å². The van der Waals surface area contributed by atoms with Crippen molar-refractivity contribution in [3.63, 3.8) is 0 Å². The van der Waals surface area contributed by atoms with E-state index in [2.05, 4.69) is 48.5 Å². The normalized spacial score (nSPS) is 13.1. The fourth-order valence-electron chi connectivity index (χ4n) is 1.59. The molecule has 80 valence electrons. The van der Waals surface area contributed by atoms with Crippen molar-refractivity contribution in [3.05, 3.63) is 66.3 Å². The standard InChI is InChI=1S/C14H11OS.Li/c1-2-6-11(7-3-1)16-14-9-5-4-8-12(14)13-10-15-13;/h1-9H,10H2;/q-1;+1. The fourth-order valence-corrected chi connectivity index (χ4v) is 2.58. The summed E-state index contributed by atoms with van der Waals surface area (Å²) in [6, 6.07) is 18.8. The summed E-state index contributed by atoms with van der Waals surface area (Å²) in [5, 5.41) is 0. The third-order valence-electron chi connectivity index (χ3n) is 2.45. The average molecular weight is 234 g/mol. The number of hydrogen-bond donors (Lipinski definition) is 0. The van der Waals surface area contributed by atoms with E-state index in [1.165, 1.54) is 15.4 Å². The molecule has 17 heavy (non-hydrogen) atoms. The molecule has 1 nitrogen and oxygen atoms in total. The van der Waals surface area contributed by atoms with Crippen molar-refractivity contribution in [2.75, 3.05) is 6.61 Å². The van der Waals surface area contributed by atoms with Crippen LogP contribution >= 0.6 is 11.8 Å². The van der Waals surface area contributed by atoms with Crippen molar-refractivity contribution in [2.24, 2.45) is 0 Å². The molecule has 0 amide bonds. The second-order valence-electron chi connectivity index (χ2n) is 3.62. The Labute approximate surface area is 118 Å². The number of hydrogen-bond acceptors (Lipinski definition) is 2. The molecule has 0 saturated carbocycles. The van der Waals surface area contributed by atoms with Crippen LogP contribution in [0.15, 0.2) is 64.4 Å². The van der Waals surface area contributed by atoms with E-state index in [4.69, 9.17) is 4.74 Å². The van der Waals surface area contributed by atoms with Gasteiger partial charge in [-0.25, -0.2) is 0 Å². The largest absolute Gasteiger partial charge is 1.00 e. The van der Waals surface area contributed by atoms with Crippen LogP contribution in [0.25, 0.3) is 0 Å². The van der Waals surface area contributed by atoms with Crippen molar-refractivity contribution in [2.45, 2.75) is 9.79 Å². The third-order valence-corrected chi connectivity index (χ3v) is 3.53. The average Bonchev–Trinajstić information content (AvgIpc) is 3.15. The molecule has 0 aromatic heterocycles. The minimum Gasteiger partial charge on any atom is -0.414 e. The van der Waals surface area contributed by atoms with E-state index in [1.807, 2.05) is 6.07 Å². The van der Waals surface area contributed by atoms with Gasteiger partial charge in [-0.3, -0.25) is 0 Å². The summed E-state index contributed by atoms with van der Waals surface area (Å²) < 4.78 is 5.28. The van der Waals surface area contributed by atoms with Gasteiger partial charge in [-0.15, -0.1) is 17.7 Å². The Morgan fingerprint density at radius 1 is 0.941 bits per heavy atom. The molecule has 2 aromatic rings. The third kappa shape index (κ3) is 3.11. The van der Waals surface area contributed by atoms with E-state index in [1.54, 1.807) is 11.8 Å². The fraction of sp³-hybridized carbons (Fsp3) is 0.0714. The zero-order chi connectivity index (χ0) is 10.8. The molecule has 0 spiro atoms. The molecule has 1 aliphatic rings. The molecule has 0 atom stereocenters. The summed E-state index contributed by atoms with van der Waals surface area (Å²) in [4.78, 5) is 2.53. The molecular weight excluding hydrogens is 223 g/mol. The monoisotopic (exact) mass is 234 g/mol. The molecule has 1 aliphatic heterocycles. The SMILES string of the molecule is [Li+].c1ccc(Sc2ccccc2[C-]2CO2)cc1. The molecule has 1 fully saturated rings. The molecule has 3 heteroatoms. The number of benzene rings is 2. The van der Waals surface area contributed by atoms with Crippen LogP contribution in [0.5, 0.6) is 0 Å². The quantitative estimate of drug-likeness (QED) is 0.441. The summed E-state index contributed by atoms with van der Waals surface area (Å²) in [6.45, 7) is 0.784. The van der Waals surface area contributed by atoms with Crippen LogP contribution in [0.3, 0.4) is 0 Å². The maximum absolute atomic E-state index is 5.28. The zero-order valence-electron chi connectivity index (χ0n) is 9.72. The first kappa shape index (κ1) is 12.7. The predicted octanol–water partition coefficient (Wildman–Crippen LogP) is 0.752. The Balaban J connectivity index is 0.00000108. The smallest absolute Gasteiger partial charge is 0.414 e. The number of rotatable bonds is 3. The van der Waals surface area contributed by atoms with Crippen molar-refractivity contribution in [3.8, 4) is 0 Å². The Morgan fingerprint density at radius 3 is 2.29 bits per heavy atom. The van der Waals surface area contributed by atoms with Crippen molar-refractivity contribution < 1.29 is 23.6 Å². The summed E-state index contributed by atoms with van der Waals surface area (Å²) >= 11 is 1.78. The Hall–Kier alpha value is -0.783. The van der Waals surface area contributed by atoms with Gasteiger partial charge in [0.2, 0.25) is 0 Å². The van der Waals surface area contributed by atoms with Gasteiger partial charge in [0.15, 0.2) is 0 Å². The predicted molar refractivity (Wildman–Crippen MR) is 65.3 cm³/mol. The first-order chi connectivity index (χ1) is 7.93. The summed E-state index contributed by atoms with van der Waals surface area (Å²) in [6.07, 6.45) is 1.11. The van der Waals surface area contributed by atoms with E-state index in [0.717, 1.165) is 12.7 Å². The number of ether oxygens (including phenoxy) is 1. The van der Waals surface area contributed by atoms with Crippen LogP contribution in [0.1, 0.15) is 5.56 Å². The van der Waals surface area contributed by atoms with Crippen LogP contribution in [0, 0.1) is 6.10 Å². The number of epoxide rings is 1. The molecule has 2 aromatic carbocycles. The topological polar surface area (TPSA) is 12.5 Å². The van der Waals surface area contributed by atoms with Crippen LogP contribution in [0.4, 0.5) is 0 Å². The van der Waals surface area contributed by atoms with Gasteiger partial charge in [-0.2, -0.15) is 17.8 Å². The van der Waals surface area contributed by atoms with Crippen molar-refractivity contribution >= 4 is 11.8 Å². The minimum absolute atomic E-state index is 0. The van der Waals surface area contributed by atoms with Gasteiger partial charge >= 0.3 is 18.9 Å². The molecule has 0 aliphatic carbocycles. The maximum atomic E-state index is 5.28. The van der Waals surface area contributed by atoms with Gasteiger partial charge in [0.25, 0.3) is 0 Å². The summed E-state index contributed by atoms with van der Waals surface area (Å²) in [7, 11) is 0. The van der Waals surface area contributed by atoms with E-state index in [0.29, 0.717) is 0 Å². The van der Waals surface area contributed by atoms with E-state index in [9.17, 15) is 0 Å². The van der Waals surface area contributed by atoms with Gasteiger partial charge < -0.3 is 4.74 Å². The summed E-state index contributed by atoms with van der Waals surface area (Å²) in [5.41, 5.74) is 1.23. The zero-order valence-corrected chi connectivity index (χ0v) is 10.5. The molecule has 1 saturated heterocycles. The second-order valence-corrected chi connectivity index (χ2v) is 4.74. The van der Waals surface area contributed by atoms with Gasteiger partial charge in [-0.05, 0) is 23.1 Å². The van der Waals surface area contributed by atoms with Crippen molar-refractivity contribution in [1.29, 1.82) is 0 Å². The molecule has 0 bridgehead atoms. The second kappa shape index (κ2) is 5.71. The molecule has 0 unspecified atom stereocenters. The van der Waals surface area contributed by atoms with E-state index < -0.39 is 0 Å². The molecule has 1 heterocycles. The minimum atomic E-state index is 0. The summed E-state index contributed by atoms with van der Waals surface area (Å²) in [5.74, 6) is 0. The maximum Gasteiger partial charge on any atom is 1.00 e. The Morgan fingerprint density at radius 2 is 1.59 bits per heavy atom. The van der Waals surface area contributed by atoms with E-state index >= 15 is 0 Å². The van der Waals surface area contributed by atoms with Crippen molar-refractivity contribution in [1.82, 2.24) is 0 Å². The van der Waals surface area contributed by atoms with Crippen LogP contribution < -0.4 is 18.9 Å². The van der Waals surface area contributed by atoms with Crippen LogP contribution in [0.2, 0.25) is 0 Å². The van der Waals surface area contributed by atoms with E-state index in [-0.39, 0.29) is 18.9 Å². The molecule has 3 rings (SSSR count). The van der Waals surface area contributed by atoms with Crippen LogP contribution in [-0.4, -0.2) is 6.61 Å². The first-order valence-electron chi connectivity index (χ1n) is 5.24. The molecule has 0 N–H and O–H groups in total. The van der Waals surface area contributed by atoms with Crippen LogP contribution in [-0.2, 0) is 4.74 Å². The van der Waals surface area contributed by atoms with Gasteiger partial charge in [0, 0.05) is 6.61 Å². The Kier molecular flexibility index (Phi) is 4.25. The van der Waals surface area contributed by atoms with Gasteiger partial charge in [-0.1, -0.05) is 29.2 Å². The molecular formula is C14H11LiOS. The molecule has 0 radical (unpaired) electrons. The Bertz CT molecular complexity index is 483.